The van der Waals surface area contributed by atoms with Crippen molar-refractivity contribution in [2.75, 3.05) is 7.11 Å². The summed E-state index contributed by atoms with van der Waals surface area (Å²) in [7, 11) is 1.39. The third-order valence-electron chi connectivity index (χ3n) is 4.80. The SMILES string of the molecule is CCCCCCCCCCCCCCCCC(O)CCC(=O)OC. The maximum Gasteiger partial charge on any atom is 0.305 e. The molecule has 0 radical (unpaired) electrons. The van der Waals surface area contributed by atoms with E-state index in [9.17, 15) is 9.90 Å². The second-order valence-corrected chi connectivity index (χ2v) is 7.15. The highest BCUT2D eigenvalue weighted by molar-refractivity contribution is 5.69. The van der Waals surface area contributed by atoms with Crippen molar-refractivity contribution in [3.05, 3.63) is 0 Å². The summed E-state index contributed by atoms with van der Waals surface area (Å²) in [5.41, 5.74) is 0. The smallest absolute Gasteiger partial charge is 0.305 e. The van der Waals surface area contributed by atoms with Gasteiger partial charge in [-0.15, -0.1) is 0 Å². The highest BCUT2D eigenvalue weighted by atomic mass is 16.5. The monoisotopic (exact) mass is 342 g/mol. The van der Waals surface area contributed by atoms with E-state index in [4.69, 9.17) is 0 Å². The lowest BCUT2D eigenvalue weighted by atomic mass is 10.0. The fraction of sp³-hybridized carbons (Fsp3) is 0.952. The van der Waals surface area contributed by atoms with Crippen LogP contribution >= 0.6 is 0 Å². The minimum Gasteiger partial charge on any atom is -0.469 e. The van der Waals surface area contributed by atoms with Crippen LogP contribution in [-0.4, -0.2) is 24.3 Å². The average Bonchev–Trinajstić information content (AvgIpc) is 2.59. The number of esters is 1. The molecule has 0 aromatic carbocycles. The Morgan fingerprint density at radius 3 is 1.58 bits per heavy atom. The van der Waals surface area contributed by atoms with Crippen LogP contribution in [0.3, 0.4) is 0 Å². The van der Waals surface area contributed by atoms with Crippen molar-refractivity contribution in [1.82, 2.24) is 0 Å². The first-order valence-corrected chi connectivity index (χ1v) is 10.5. The third kappa shape index (κ3) is 17.8. The molecule has 3 heteroatoms. The van der Waals surface area contributed by atoms with Crippen LogP contribution in [0, 0.1) is 0 Å². The summed E-state index contributed by atoms with van der Waals surface area (Å²) in [5, 5.41) is 9.78. The van der Waals surface area contributed by atoms with Crippen LogP contribution in [0.5, 0.6) is 0 Å². The molecule has 24 heavy (non-hydrogen) atoms. The molecule has 144 valence electrons. The first-order chi connectivity index (χ1) is 11.7. The molecule has 0 rings (SSSR count). The number of hydrogen-bond donors (Lipinski definition) is 1. The number of unbranched alkanes of at least 4 members (excludes halogenated alkanes) is 13. The molecule has 1 N–H and O–H groups in total. The van der Waals surface area contributed by atoms with Gasteiger partial charge < -0.3 is 9.84 Å². The van der Waals surface area contributed by atoms with Crippen LogP contribution in [0.2, 0.25) is 0 Å². The van der Waals surface area contributed by atoms with Crippen LogP contribution in [-0.2, 0) is 9.53 Å². The zero-order chi connectivity index (χ0) is 17.9. The number of methoxy groups -OCH3 is 1. The van der Waals surface area contributed by atoms with Gasteiger partial charge in [-0.25, -0.2) is 0 Å². The number of carbonyl (C=O) groups is 1. The van der Waals surface area contributed by atoms with Gasteiger partial charge in [0, 0.05) is 6.42 Å². The number of hydrogen-bond acceptors (Lipinski definition) is 3. The van der Waals surface area contributed by atoms with Crippen LogP contribution in [0.4, 0.5) is 0 Å². The van der Waals surface area contributed by atoms with Gasteiger partial charge in [-0.2, -0.15) is 0 Å². The Morgan fingerprint density at radius 2 is 1.17 bits per heavy atom. The second-order valence-electron chi connectivity index (χ2n) is 7.15. The zero-order valence-corrected chi connectivity index (χ0v) is 16.4. The van der Waals surface area contributed by atoms with Crippen molar-refractivity contribution in [2.24, 2.45) is 0 Å². The number of carbonyl (C=O) groups excluding carboxylic acids is 1. The van der Waals surface area contributed by atoms with Crippen molar-refractivity contribution < 1.29 is 14.6 Å². The Bertz CT molecular complexity index is 266. The van der Waals surface area contributed by atoms with Crippen LogP contribution in [0.25, 0.3) is 0 Å². The number of ether oxygens (including phenoxy) is 1. The van der Waals surface area contributed by atoms with E-state index in [0.717, 1.165) is 12.8 Å². The fourth-order valence-electron chi connectivity index (χ4n) is 3.11. The van der Waals surface area contributed by atoms with Crippen molar-refractivity contribution in [1.29, 1.82) is 0 Å². The van der Waals surface area contributed by atoms with Crippen LogP contribution in [0.15, 0.2) is 0 Å². The minimum absolute atomic E-state index is 0.227. The van der Waals surface area contributed by atoms with Gasteiger partial charge in [0.25, 0.3) is 0 Å². The van der Waals surface area contributed by atoms with Gasteiger partial charge in [0.2, 0.25) is 0 Å². The molecule has 0 aromatic rings. The van der Waals surface area contributed by atoms with E-state index in [1.54, 1.807) is 0 Å². The molecule has 0 amide bonds. The van der Waals surface area contributed by atoms with Crippen molar-refractivity contribution >= 4 is 5.97 Å². The standard InChI is InChI=1S/C21H42O3/c1-3-4-5-6-7-8-9-10-11-12-13-14-15-16-17-20(22)18-19-21(23)24-2/h20,22H,3-19H2,1-2H3. The summed E-state index contributed by atoms with van der Waals surface area (Å²) in [4.78, 5) is 11.0. The summed E-state index contributed by atoms with van der Waals surface area (Å²) < 4.78 is 4.58. The Balaban J connectivity index is 3.13. The van der Waals surface area contributed by atoms with E-state index in [0.29, 0.717) is 12.8 Å². The van der Waals surface area contributed by atoms with Gasteiger partial charge in [0.15, 0.2) is 0 Å². The Kier molecular flexibility index (Phi) is 18.3. The van der Waals surface area contributed by atoms with Crippen LogP contribution < -0.4 is 0 Å². The molecule has 0 aliphatic rings. The summed E-state index contributed by atoms with van der Waals surface area (Å²) in [6.07, 6.45) is 20.2. The van der Waals surface area contributed by atoms with Gasteiger partial charge in [-0.05, 0) is 12.8 Å². The molecule has 0 heterocycles. The molecule has 0 saturated carbocycles. The maximum absolute atomic E-state index is 11.0. The predicted octanol–water partition coefficient (Wildman–Crippen LogP) is 6.17. The minimum atomic E-state index is -0.346. The Labute approximate surface area is 150 Å². The number of aliphatic hydroxyl groups is 1. The normalized spacial score (nSPS) is 12.3. The molecule has 1 unspecified atom stereocenters. The first kappa shape index (κ1) is 23.4. The van der Waals surface area contributed by atoms with E-state index >= 15 is 0 Å². The summed E-state index contributed by atoms with van der Waals surface area (Å²) >= 11 is 0. The topological polar surface area (TPSA) is 46.5 Å². The highest BCUT2D eigenvalue weighted by Gasteiger charge is 2.07. The van der Waals surface area contributed by atoms with Gasteiger partial charge >= 0.3 is 5.97 Å². The maximum atomic E-state index is 11.0. The number of rotatable bonds is 18. The molecule has 0 aromatic heterocycles. The largest absolute Gasteiger partial charge is 0.469 e. The summed E-state index contributed by atoms with van der Waals surface area (Å²) in [6, 6.07) is 0. The van der Waals surface area contributed by atoms with Gasteiger partial charge in [0.05, 0.1) is 13.2 Å². The Hall–Kier alpha value is -0.570. The molecule has 0 saturated heterocycles. The van der Waals surface area contributed by atoms with E-state index in [2.05, 4.69) is 11.7 Å². The molecule has 0 spiro atoms. The summed E-state index contributed by atoms with van der Waals surface area (Å²) in [5.74, 6) is -0.227. The first-order valence-electron chi connectivity index (χ1n) is 10.5. The molecular formula is C21H42O3. The second kappa shape index (κ2) is 18.8. The van der Waals surface area contributed by atoms with Crippen molar-refractivity contribution in [2.45, 2.75) is 122 Å². The molecule has 1 atom stereocenters. The third-order valence-corrected chi connectivity index (χ3v) is 4.80. The number of aliphatic hydroxyl groups excluding tert-OH is 1. The van der Waals surface area contributed by atoms with E-state index in [1.807, 2.05) is 0 Å². The molecule has 0 fully saturated rings. The van der Waals surface area contributed by atoms with Crippen molar-refractivity contribution in [3.63, 3.8) is 0 Å². The summed E-state index contributed by atoms with van der Waals surface area (Å²) in [6.45, 7) is 2.27. The lowest BCUT2D eigenvalue weighted by molar-refractivity contribution is -0.141. The molecule has 3 nitrogen and oxygen atoms in total. The van der Waals surface area contributed by atoms with E-state index in [-0.39, 0.29) is 12.1 Å². The lowest BCUT2D eigenvalue weighted by Gasteiger charge is -2.09. The predicted molar refractivity (Wildman–Crippen MR) is 102 cm³/mol. The lowest BCUT2D eigenvalue weighted by Crippen LogP contribution is -2.10. The van der Waals surface area contributed by atoms with E-state index < -0.39 is 0 Å². The quantitative estimate of drug-likeness (QED) is 0.239. The fourth-order valence-corrected chi connectivity index (χ4v) is 3.11. The van der Waals surface area contributed by atoms with Crippen LogP contribution in [0.1, 0.15) is 116 Å². The molecular weight excluding hydrogens is 300 g/mol. The molecule has 0 aliphatic heterocycles. The molecule has 0 aliphatic carbocycles. The molecule has 0 bridgehead atoms. The van der Waals surface area contributed by atoms with Gasteiger partial charge in [0.1, 0.15) is 0 Å². The zero-order valence-electron chi connectivity index (χ0n) is 16.4. The average molecular weight is 343 g/mol. The van der Waals surface area contributed by atoms with Gasteiger partial charge in [-0.3, -0.25) is 4.79 Å². The van der Waals surface area contributed by atoms with Crippen molar-refractivity contribution in [3.8, 4) is 0 Å². The van der Waals surface area contributed by atoms with Gasteiger partial charge in [-0.1, -0.05) is 96.8 Å². The van der Waals surface area contributed by atoms with E-state index in [1.165, 1.54) is 90.6 Å². The Morgan fingerprint density at radius 1 is 0.750 bits per heavy atom. The highest BCUT2D eigenvalue weighted by Crippen LogP contribution is 2.14.